The van der Waals surface area contributed by atoms with Crippen LogP contribution in [0.4, 0.5) is 5.69 Å². The highest BCUT2D eigenvalue weighted by atomic mass is 32.2. The smallest absolute Gasteiger partial charge is 0.240 e. The van der Waals surface area contributed by atoms with Crippen LogP contribution in [-0.2, 0) is 10.0 Å². The second-order valence-corrected chi connectivity index (χ2v) is 7.34. The maximum absolute atomic E-state index is 11.7. The van der Waals surface area contributed by atoms with Gasteiger partial charge in [0, 0.05) is 22.0 Å². The van der Waals surface area contributed by atoms with Crippen LogP contribution in [0.15, 0.2) is 39.2 Å². The van der Waals surface area contributed by atoms with Crippen molar-refractivity contribution in [3.05, 3.63) is 35.7 Å². The number of nitrogens with two attached hydrogens (primary N) is 1. The Morgan fingerprint density at radius 2 is 1.76 bits per heavy atom. The number of anilines is 1. The van der Waals surface area contributed by atoms with Crippen molar-refractivity contribution in [3.63, 3.8) is 0 Å². The van der Waals surface area contributed by atoms with Gasteiger partial charge >= 0.3 is 0 Å². The van der Waals surface area contributed by atoms with Crippen molar-refractivity contribution in [2.75, 3.05) is 12.8 Å². The molecule has 0 aliphatic heterocycles. The normalized spacial score (nSPS) is 11.6. The molecule has 3 N–H and O–H groups in total. The van der Waals surface area contributed by atoms with Crippen molar-refractivity contribution in [2.24, 2.45) is 0 Å². The first-order valence-electron chi connectivity index (χ1n) is 6.15. The molecule has 6 nitrogen and oxygen atoms in total. The van der Waals surface area contributed by atoms with Crippen molar-refractivity contribution in [3.8, 4) is 0 Å². The second-order valence-electron chi connectivity index (χ2n) is 4.44. The summed E-state index contributed by atoms with van der Waals surface area (Å²) in [6.07, 6.45) is 0. The van der Waals surface area contributed by atoms with E-state index in [0.29, 0.717) is 10.8 Å². The topological polar surface area (TPSA) is 98.0 Å². The van der Waals surface area contributed by atoms with Gasteiger partial charge in [-0.05, 0) is 56.9 Å². The van der Waals surface area contributed by atoms with Crippen molar-refractivity contribution in [2.45, 2.75) is 28.8 Å². The van der Waals surface area contributed by atoms with E-state index in [0.717, 1.165) is 16.3 Å². The van der Waals surface area contributed by atoms with Crippen LogP contribution in [0.25, 0.3) is 0 Å². The molecule has 0 aliphatic carbocycles. The van der Waals surface area contributed by atoms with Gasteiger partial charge in [-0.15, -0.1) is 0 Å². The molecular weight excluding hydrogens is 308 g/mol. The number of benzene rings is 1. The predicted octanol–water partition coefficient (Wildman–Crippen LogP) is 1.73. The first-order valence-corrected chi connectivity index (χ1v) is 8.45. The van der Waals surface area contributed by atoms with Gasteiger partial charge < -0.3 is 5.73 Å². The van der Waals surface area contributed by atoms with E-state index >= 15 is 0 Å². The third kappa shape index (κ3) is 3.72. The fraction of sp³-hybridized carbons (Fsp3) is 0.231. The van der Waals surface area contributed by atoms with E-state index in [9.17, 15) is 8.42 Å². The summed E-state index contributed by atoms with van der Waals surface area (Å²) >= 11 is 1.31. The highest BCUT2D eigenvalue weighted by molar-refractivity contribution is 7.99. The summed E-state index contributed by atoms with van der Waals surface area (Å²) in [6, 6.07) is 6.48. The Labute approximate surface area is 128 Å². The molecule has 0 spiro atoms. The monoisotopic (exact) mass is 324 g/mol. The van der Waals surface area contributed by atoms with Crippen LogP contribution in [0.1, 0.15) is 11.4 Å². The molecular formula is C13H16N4O2S2. The number of nitrogens with one attached hydrogen (secondary N) is 1. The minimum absolute atomic E-state index is 0.133. The zero-order valence-corrected chi connectivity index (χ0v) is 13.5. The number of aryl methyl sites for hydroxylation is 2. The number of sulfonamides is 1. The first-order chi connectivity index (χ1) is 9.81. The number of nitrogen functional groups attached to an aromatic ring is 1. The standard InChI is InChI=1S/C13H16N4O2S2/c1-8-6-9(2)17-13(16-8)20-12-5-4-10(7-11(12)14)21(18,19)15-3/h4-7,15H,14H2,1-3H3. The van der Waals surface area contributed by atoms with Gasteiger partial charge in [0.2, 0.25) is 10.0 Å². The Balaban J connectivity index is 2.34. The van der Waals surface area contributed by atoms with Crippen LogP contribution >= 0.6 is 11.8 Å². The summed E-state index contributed by atoms with van der Waals surface area (Å²) in [5.41, 5.74) is 8.05. The highest BCUT2D eigenvalue weighted by Crippen LogP contribution is 2.31. The van der Waals surface area contributed by atoms with Crippen LogP contribution in [-0.4, -0.2) is 25.4 Å². The molecule has 0 unspecified atom stereocenters. The van der Waals surface area contributed by atoms with E-state index in [4.69, 9.17) is 5.73 Å². The Hall–Kier alpha value is -1.64. The van der Waals surface area contributed by atoms with E-state index in [-0.39, 0.29) is 4.90 Å². The summed E-state index contributed by atoms with van der Waals surface area (Å²) in [7, 11) is -2.14. The van der Waals surface area contributed by atoms with E-state index in [2.05, 4.69) is 14.7 Å². The number of aromatic nitrogens is 2. The molecule has 112 valence electrons. The third-order valence-electron chi connectivity index (χ3n) is 2.72. The summed E-state index contributed by atoms with van der Waals surface area (Å²) < 4.78 is 25.7. The lowest BCUT2D eigenvalue weighted by Gasteiger charge is -2.08. The largest absolute Gasteiger partial charge is 0.398 e. The van der Waals surface area contributed by atoms with Crippen LogP contribution in [0.3, 0.4) is 0 Å². The quantitative estimate of drug-likeness (QED) is 0.656. The lowest BCUT2D eigenvalue weighted by molar-refractivity contribution is 0.588. The minimum Gasteiger partial charge on any atom is -0.398 e. The molecule has 0 saturated carbocycles. The molecule has 0 fully saturated rings. The molecule has 2 aromatic rings. The van der Waals surface area contributed by atoms with Gasteiger partial charge in [0.1, 0.15) is 0 Å². The average molecular weight is 324 g/mol. The Kier molecular flexibility index (Phi) is 4.50. The molecule has 1 aromatic carbocycles. The lowest BCUT2D eigenvalue weighted by Crippen LogP contribution is -2.18. The number of nitrogens with zero attached hydrogens (tertiary/aromatic N) is 2. The van der Waals surface area contributed by atoms with Gasteiger partial charge in [0.25, 0.3) is 0 Å². The average Bonchev–Trinajstić information content (AvgIpc) is 2.40. The molecule has 0 atom stereocenters. The lowest BCUT2D eigenvalue weighted by atomic mass is 10.3. The number of hydrogen-bond donors (Lipinski definition) is 2. The Morgan fingerprint density at radius 1 is 1.14 bits per heavy atom. The molecule has 8 heteroatoms. The van der Waals surface area contributed by atoms with E-state index in [1.54, 1.807) is 6.07 Å². The highest BCUT2D eigenvalue weighted by Gasteiger charge is 2.14. The molecule has 2 rings (SSSR count). The summed E-state index contributed by atoms with van der Waals surface area (Å²) in [4.78, 5) is 9.50. The molecule has 21 heavy (non-hydrogen) atoms. The number of rotatable bonds is 4. The molecule has 0 bridgehead atoms. The molecule has 0 radical (unpaired) electrons. The zero-order chi connectivity index (χ0) is 15.6. The van der Waals surface area contributed by atoms with Crippen LogP contribution < -0.4 is 10.5 Å². The van der Waals surface area contributed by atoms with E-state index < -0.39 is 10.0 Å². The molecule has 0 amide bonds. The zero-order valence-electron chi connectivity index (χ0n) is 11.9. The van der Waals surface area contributed by atoms with E-state index in [1.165, 1.54) is 30.9 Å². The van der Waals surface area contributed by atoms with Crippen molar-refractivity contribution < 1.29 is 8.42 Å². The molecule has 1 aromatic heterocycles. The van der Waals surface area contributed by atoms with Crippen molar-refractivity contribution >= 4 is 27.5 Å². The maximum atomic E-state index is 11.7. The summed E-state index contributed by atoms with van der Waals surface area (Å²) in [6.45, 7) is 3.79. The summed E-state index contributed by atoms with van der Waals surface area (Å²) in [5, 5.41) is 0.587. The minimum atomic E-state index is -3.49. The SMILES string of the molecule is CNS(=O)(=O)c1ccc(Sc2nc(C)cc(C)n2)c(N)c1. The van der Waals surface area contributed by atoms with Gasteiger partial charge in [0.05, 0.1) is 4.90 Å². The third-order valence-corrected chi connectivity index (χ3v) is 5.09. The van der Waals surface area contributed by atoms with Crippen LogP contribution in [0.2, 0.25) is 0 Å². The predicted molar refractivity (Wildman–Crippen MR) is 82.7 cm³/mol. The second kappa shape index (κ2) is 6.00. The summed E-state index contributed by atoms with van der Waals surface area (Å²) in [5.74, 6) is 0. The van der Waals surface area contributed by atoms with Crippen molar-refractivity contribution in [1.82, 2.24) is 14.7 Å². The van der Waals surface area contributed by atoms with Crippen molar-refractivity contribution in [1.29, 1.82) is 0 Å². The first kappa shape index (κ1) is 15.7. The fourth-order valence-electron chi connectivity index (χ4n) is 1.74. The van der Waals surface area contributed by atoms with Crippen LogP contribution in [0.5, 0.6) is 0 Å². The van der Waals surface area contributed by atoms with Gasteiger partial charge in [-0.2, -0.15) is 0 Å². The molecule has 0 aliphatic rings. The van der Waals surface area contributed by atoms with Crippen LogP contribution in [0, 0.1) is 13.8 Å². The van der Waals surface area contributed by atoms with Gasteiger partial charge in [0.15, 0.2) is 5.16 Å². The van der Waals surface area contributed by atoms with Gasteiger partial charge in [-0.3, -0.25) is 0 Å². The Morgan fingerprint density at radius 3 is 2.29 bits per heavy atom. The maximum Gasteiger partial charge on any atom is 0.240 e. The fourth-order valence-corrected chi connectivity index (χ4v) is 3.40. The molecule has 1 heterocycles. The van der Waals surface area contributed by atoms with E-state index in [1.807, 2.05) is 19.9 Å². The van der Waals surface area contributed by atoms with Gasteiger partial charge in [-0.1, -0.05) is 0 Å². The van der Waals surface area contributed by atoms with Gasteiger partial charge in [-0.25, -0.2) is 23.1 Å². The Bertz CT molecular complexity index is 755. The number of hydrogen-bond acceptors (Lipinski definition) is 6. The molecule has 0 saturated heterocycles.